The monoisotopic (exact) mass is 299 g/mol. The van der Waals surface area contributed by atoms with Gasteiger partial charge in [0, 0.05) is 12.1 Å². The lowest BCUT2D eigenvalue weighted by atomic mass is 10.1. The number of pyridine rings is 1. The molecule has 0 spiro atoms. The molecule has 0 unspecified atom stereocenters. The van der Waals surface area contributed by atoms with Crippen LogP contribution in [0.4, 0.5) is 0 Å². The third-order valence-electron chi connectivity index (χ3n) is 3.38. The number of benzene rings is 1. The first-order valence-corrected chi connectivity index (χ1v) is 7.63. The second kappa shape index (κ2) is 7.59. The molecule has 0 saturated heterocycles. The largest absolute Gasteiger partial charge is 0.494 e. The maximum Gasteiger partial charge on any atom is 0.261 e. The summed E-state index contributed by atoms with van der Waals surface area (Å²) in [7, 11) is 0. The number of carbonyl (C=O) groups excluding carboxylic acids is 1. The molecule has 0 amide bonds. The van der Waals surface area contributed by atoms with Crippen LogP contribution in [0.15, 0.2) is 41.2 Å². The Balaban J connectivity index is 2.49. The van der Waals surface area contributed by atoms with Crippen LogP contribution in [0.3, 0.4) is 0 Å². The molecule has 1 aromatic heterocycles. The molecule has 22 heavy (non-hydrogen) atoms. The molecule has 0 bridgehead atoms. The second-order valence-electron chi connectivity index (χ2n) is 5.12. The van der Waals surface area contributed by atoms with Crippen LogP contribution in [0.2, 0.25) is 0 Å². The highest BCUT2D eigenvalue weighted by atomic mass is 16.5. The van der Waals surface area contributed by atoms with E-state index in [1.54, 1.807) is 10.6 Å². The van der Waals surface area contributed by atoms with E-state index in [-0.39, 0.29) is 11.1 Å². The average molecular weight is 299 g/mol. The highest BCUT2D eigenvalue weighted by molar-refractivity contribution is 5.75. The Kier molecular flexibility index (Phi) is 5.53. The topological polar surface area (TPSA) is 48.3 Å². The smallest absolute Gasteiger partial charge is 0.261 e. The van der Waals surface area contributed by atoms with E-state index in [1.165, 1.54) is 0 Å². The van der Waals surface area contributed by atoms with Gasteiger partial charge in [-0.2, -0.15) is 0 Å². The van der Waals surface area contributed by atoms with Crippen LogP contribution >= 0.6 is 0 Å². The Morgan fingerprint density at radius 1 is 1.14 bits per heavy atom. The number of aromatic nitrogens is 1. The third kappa shape index (κ3) is 3.45. The molecule has 0 aliphatic carbocycles. The fourth-order valence-corrected chi connectivity index (χ4v) is 2.35. The minimum atomic E-state index is -0.241. The number of carbonyl (C=O) groups is 1. The molecule has 0 atom stereocenters. The first-order valence-electron chi connectivity index (χ1n) is 7.63. The molecule has 0 N–H and O–H groups in total. The predicted molar refractivity (Wildman–Crippen MR) is 87.6 cm³/mol. The SMILES string of the molecule is CCCOc1cccc(-c2ccc(C=O)c(=O)n2CCC)c1. The van der Waals surface area contributed by atoms with E-state index in [0.717, 1.165) is 29.8 Å². The van der Waals surface area contributed by atoms with Gasteiger partial charge in [0.2, 0.25) is 0 Å². The van der Waals surface area contributed by atoms with E-state index in [0.29, 0.717) is 19.4 Å². The standard InChI is InChI=1S/C18H21NO3/c1-3-10-19-17(9-8-15(13-20)18(19)21)14-6-5-7-16(12-14)22-11-4-2/h5-9,12-13H,3-4,10-11H2,1-2H3. The van der Waals surface area contributed by atoms with Gasteiger partial charge in [-0.1, -0.05) is 26.0 Å². The summed E-state index contributed by atoms with van der Waals surface area (Å²) in [5.74, 6) is 0.786. The summed E-state index contributed by atoms with van der Waals surface area (Å²) in [6.07, 6.45) is 2.37. The molecule has 1 heterocycles. The summed E-state index contributed by atoms with van der Waals surface area (Å²) in [5.41, 5.74) is 1.67. The molecule has 1 aromatic carbocycles. The molecular weight excluding hydrogens is 278 g/mol. The number of ether oxygens (including phenoxy) is 1. The van der Waals surface area contributed by atoms with Crippen LogP contribution < -0.4 is 10.3 Å². The van der Waals surface area contributed by atoms with Gasteiger partial charge in [-0.3, -0.25) is 9.59 Å². The normalized spacial score (nSPS) is 10.5. The molecule has 2 aromatic rings. The van der Waals surface area contributed by atoms with Crippen molar-refractivity contribution in [2.24, 2.45) is 0 Å². The molecular formula is C18H21NO3. The van der Waals surface area contributed by atoms with Crippen molar-refractivity contribution in [2.45, 2.75) is 33.2 Å². The van der Waals surface area contributed by atoms with Crippen LogP contribution in [0, 0.1) is 0 Å². The number of hydrogen-bond donors (Lipinski definition) is 0. The summed E-state index contributed by atoms with van der Waals surface area (Å²) in [6, 6.07) is 11.1. The predicted octanol–water partition coefficient (Wildman–Crippen LogP) is 3.53. The number of aldehydes is 1. The fraction of sp³-hybridized carbons (Fsp3) is 0.333. The van der Waals surface area contributed by atoms with E-state index in [9.17, 15) is 9.59 Å². The zero-order valence-electron chi connectivity index (χ0n) is 13.0. The maximum absolute atomic E-state index is 12.3. The molecule has 0 radical (unpaired) electrons. The van der Waals surface area contributed by atoms with Gasteiger partial charge in [-0.05, 0) is 37.1 Å². The van der Waals surface area contributed by atoms with Gasteiger partial charge in [0.15, 0.2) is 6.29 Å². The van der Waals surface area contributed by atoms with Crippen molar-refractivity contribution in [1.82, 2.24) is 4.57 Å². The quantitative estimate of drug-likeness (QED) is 0.735. The van der Waals surface area contributed by atoms with Gasteiger partial charge in [-0.15, -0.1) is 0 Å². The van der Waals surface area contributed by atoms with Gasteiger partial charge in [0.25, 0.3) is 5.56 Å². The highest BCUT2D eigenvalue weighted by Crippen LogP contribution is 2.23. The summed E-state index contributed by atoms with van der Waals surface area (Å²) < 4.78 is 7.30. The third-order valence-corrected chi connectivity index (χ3v) is 3.38. The Labute approximate surface area is 130 Å². The lowest BCUT2D eigenvalue weighted by Gasteiger charge is -2.14. The van der Waals surface area contributed by atoms with E-state index in [4.69, 9.17) is 4.74 Å². The van der Waals surface area contributed by atoms with Crippen molar-refractivity contribution < 1.29 is 9.53 Å². The number of nitrogens with zero attached hydrogens (tertiary/aromatic N) is 1. The summed E-state index contributed by atoms with van der Waals surface area (Å²) in [5, 5.41) is 0. The first kappa shape index (κ1) is 16.0. The molecule has 0 aliphatic rings. The van der Waals surface area contributed by atoms with Crippen LogP contribution in [0.25, 0.3) is 11.3 Å². The molecule has 116 valence electrons. The van der Waals surface area contributed by atoms with Gasteiger partial charge >= 0.3 is 0 Å². The Morgan fingerprint density at radius 3 is 2.64 bits per heavy atom. The van der Waals surface area contributed by atoms with Gasteiger partial charge in [0.05, 0.1) is 17.9 Å². The molecule has 0 aliphatic heterocycles. The fourth-order valence-electron chi connectivity index (χ4n) is 2.35. The van der Waals surface area contributed by atoms with E-state index >= 15 is 0 Å². The minimum absolute atomic E-state index is 0.190. The van der Waals surface area contributed by atoms with Crippen LogP contribution in [0.1, 0.15) is 37.0 Å². The van der Waals surface area contributed by atoms with Crippen LogP contribution in [0.5, 0.6) is 5.75 Å². The van der Waals surface area contributed by atoms with Crippen molar-refractivity contribution >= 4 is 6.29 Å². The molecule has 0 fully saturated rings. The number of hydrogen-bond acceptors (Lipinski definition) is 3. The Bertz CT molecular complexity index is 704. The van der Waals surface area contributed by atoms with E-state index in [1.807, 2.05) is 37.3 Å². The van der Waals surface area contributed by atoms with E-state index < -0.39 is 0 Å². The lowest BCUT2D eigenvalue weighted by molar-refractivity contribution is 0.112. The molecule has 2 rings (SSSR count). The summed E-state index contributed by atoms with van der Waals surface area (Å²) in [6.45, 7) is 5.30. The van der Waals surface area contributed by atoms with E-state index in [2.05, 4.69) is 6.92 Å². The molecule has 4 nitrogen and oxygen atoms in total. The summed E-state index contributed by atoms with van der Waals surface area (Å²) >= 11 is 0. The van der Waals surface area contributed by atoms with Crippen molar-refractivity contribution in [2.75, 3.05) is 6.61 Å². The number of rotatable bonds is 7. The van der Waals surface area contributed by atoms with Crippen molar-refractivity contribution in [3.05, 3.63) is 52.3 Å². The lowest BCUT2D eigenvalue weighted by Crippen LogP contribution is -2.24. The van der Waals surface area contributed by atoms with Crippen molar-refractivity contribution in [3.63, 3.8) is 0 Å². The maximum atomic E-state index is 12.3. The van der Waals surface area contributed by atoms with Crippen molar-refractivity contribution in [1.29, 1.82) is 0 Å². The van der Waals surface area contributed by atoms with Gasteiger partial charge in [0.1, 0.15) is 5.75 Å². The second-order valence-corrected chi connectivity index (χ2v) is 5.12. The Morgan fingerprint density at radius 2 is 1.95 bits per heavy atom. The average Bonchev–Trinajstić information content (AvgIpc) is 2.55. The highest BCUT2D eigenvalue weighted by Gasteiger charge is 2.10. The molecule has 4 heteroatoms. The zero-order chi connectivity index (χ0) is 15.9. The first-order chi connectivity index (χ1) is 10.7. The minimum Gasteiger partial charge on any atom is -0.494 e. The summed E-state index contributed by atoms with van der Waals surface area (Å²) in [4.78, 5) is 23.3. The van der Waals surface area contributed by atoms with Crippen LogP contribution in [-0.2, 0) is 6.54 Å². The zero-order valence-corrected chi connectivity index (χ0v) is 13.0. The Hall–Kier alpha value is -2.36. The van der Waals surface area contributed by atoms with Gasteiger partial charge < -0.3 is 9.30 Å². The van der Waals surface area contributed by atoms with Crippen LogP contribution in [-0.4, -0.2) is 17.5 Å². The van der Waals surface area contributed by atoms with Gasteiger partial charge in [-0.25, -0.2) is 0 Å². The molecule has 0 saturated carbocycles. The van der Waals surface area contributed by atoms with Crippen molar-refractivity contribution in [3.8, 4) is 17.0 Å².